The van der Waals surface area contributed by atoms with Crippen LogP contribution in [0.15, 0.2) is 101 Å². The number of ether oxygens (including phenoxy) is 1. The Hall–Kier alpha value is -6.23. The molecule has 0 radical (unpaired) electrons. The predicted octanol–water partition coefficient (Wildman–Crippen LogP) is 2.20. The number of fused-ring (bicyclic) bond motifs is 1. The van der Waals surface area contributed by atoms with Gasteiger partial charge in [0.2, 0.25) is 5.95 Å². The number of aliphatic hydroxyl groups excluding tert-OH is 2. The lowest BCUT2D eigenvalue weighted by atomic mass is 9.91. The molecule has 2 aliphatic rings. The Morgan fingerprint density at radius 2 is 1.64 bits per heavy atom. The maximum absolute atomic E-state index is 12.6. The molecule has 53 heavy (non-hydrogen) atoms. The van der Waals surface area contributed by atoms with Crippen molar-refractivity contribution in [3.63, 3.8) is 0 Å². The van der Waals surface area contributed by atoms with Crippen molar-refractivity contribution >= 4 is 46.0 Å². The van der Waals surface area contributed by atoms with Crippen molar-refractivity contribution in [3.8, 4) is 0 Å². The van der Waals surface area contributed by atoms with Gasteiger partial charge in [0.05, 0.1) is 18.2 Å². The SMILES string of the molecule is O=C(O)[C@H]1O[C@@H](n2cnc3c(NCC(c4ccccc4)c4ccccc4)nc(N4CC[C@@H](Nc5c(Nc6cccnc6)c(=O)c5=O)C4)nc32)[C@H](O)[C@@H]1O. The van der Waals surface area contributed by atoms with Crippen molar-refractivity contribution in [1.82, 2.24) is 24.5 Å². The summed E-state index contributed by atoms with van der Waals surface area (Å²) in [5.74, 6) is -0.774. The van der Waals surface area contributed by atoms with Gasteiger partial charge in [-0.15, -0.1) is 0 Å². The quantitative estimate of drug-likeness (QED) is 0.100. The van der Waals surface area contributed by atoms with Crippen molar-refractivity contribution in [2.24, 2.45) is 0 Å². The summed E-state index contributed by atoms with van der Waals surface area (Å²) in [6.45, 7) is 1.30. The molecular formula is C37H35N9O7. The third-order valence-electron chi connectivity index (χ3n) is 9.70. The molecular weight excluding hydrogens is 682 g/mol. The molecule has 8 rings (SSSR count). The number of hydrogen-bond acceptors (Lipinski definition) is 14. The van der Waals surface area contributed by atoms with Gasteiger partial charge in [-0.1, -0.05) is 60.7 Å². The van der Waals surface area contributed by atoms with Gasteiger partial charge in [0, 0.05) is 37.8 Å². The van der Waals surface area contributed by atoms with Gasteiger partial charge in [0.1, 0.15) is 23.6 Å². The highest BCUT2D eigenvalue weighted by atomic mass is 16.6. The second-order valence-electron chi connectivity index (χ2n) is 13.1. The molecule has 270 valence electrons. The van der Waals surface area contributed by atoms with E-state index in [0.29, 0.717) is 49.0 Å². The minimum absolute atomic E-state index is 0.0646. The monoisotopic (exact) mass is 717 g/mol. The number of rotatable bonds is 12. The molecule has 16 nitrogen and oxygen atoms in total. The van der Waals surface area contributed by atoms with E-state index in [9.17, 15) is 29.7 Å². The molecule has 0 amide bonds. The van der Waals surface area contributed by atoms with E-state index < -0.39 is 41.4 Å². The third kappa shape index (κ3) is 6.43. The normalized spacial score (nSPS) is 21.4. The molecule has 0 saturated carbocycles. The number of imidazole rings is 1. The summed E-state index contributed by atoms with van der Waals surface area (Å²) in [5, 5.41) is 40.6. The van der Waals surface area contributed by atoms with Crippen LogP contribution in [-0.2, 0) is 9.53 Å². The minimum atomic E-state index is -1.68. The number of pyridine rings is 1. The number of aliphatic hydroxyl groups is 2. The number of anilines is 5. The average molecular weight is 718 g/mol. The van der Waals surface area contributed by atoms with Crippen LogP contribution in [0.2, 0.25) is 0 Å². The highest BCUT2D eigenvalue weighted by Crippen LogP contribution is 2.35. The Morgan fingerprint density at radius 1 is 0.925 bits per heavy atom. The molecule has 5 atom stereocenters. The molecule has 2 fully saturated rings. The molecule has 2 aliphatic heterocycles. The Balaban J connectivity index is 1.11. The Bertz CT molecular complexity index is 2280. The van der Waals surface area contributed by atoms with Crippen LogP contribution in [0, 0.1) is 0 Å². The van der Waals surface area contributed by atoms with Crippen molar-refractivity contribution in [1.29, 1.82) is 0 Å². The molecule has 0 unspecified atom stereocenters. The fourth-order valence-electron chi connectivity index (χ4n) is 6.94. The van der Waals surface area contributed by atoms with Crippen molar-refractivity contribution in [2.75, 3.05) is 40.5 Å². The summed E-state index contributed by atoms with van der Waals surface area (Å²) in [6.07, 6.45) is -1.06. The molecule has 0 bridgehead atoms. The van der Waals surface area contributed by atoms with E-state index >= 15 is 0 Å². The summed E-state index contributed by atoms with van der Waals surface area (Å²) >= 11 is 0. The first-order valence-electron chi connectivity index (χ1n) is 17.1. The number of nitrogens with one attached hydrogen (secondary N) is 3. The topological polar surface area (TPSA) is 217 Å². The minimum Gasteiger partial charge on any atom is -0.479 e. The van der Waals surface area contributed by atoms with E-state index in [1.165, 1.54) is 10.9 Å². The summed E-state index contributed by atoms with van der Waals surface area (Å²) in [5.41, 5.74) is 2.51. The Labute approximate surface area is 301 Å². The van der Waals surface area contributed by atoms with Gasteiger partial charge in [-0.05, 0) is 29.7 Å². The first-order chi connectivity index (χ1) is 25.8. The van der Waals surface area contributed by atoms with Crippen LogP contribution in [0.4, 0.5) is 28.8 Å². The van der Waals surface area contributed by atoms with Crippen LogP contribution in [0.3, 0.4) is 0 Å². The number of aliphatic carboxylic acids is 1. The van der Waals surface area contributed by atoms with Crippen LogP contribution in [0.25, 0.3) is 11.2 Å². The second-order valence-corrected chi connectivity index (χ2v) is 13.1. The van der Waals surface area contributed by atoms with Gasteiger partial charge in [0.15, 0.2) is 29.3 Å². The smallest absolute Gasteiger partial charge is 0.335 e. The number of carbonyl (C=O) groups is 1. The number of carboxylic acids is 1. The van der Waals surface area contributed by atoms with Gasteiger partial charge >= 0.3 is 5.97 Å². The van der Waals surface area contributed by atoms with Crippen LogP contribution < -0.4 is 31.7 Å². The standard InChI is InChI=1S/C37H35N9O7/c47-28-25(41-22-12-7-14-38-16-22)26(29(28)48)42-23-13-15-45(18-23)37-43-33(39-17-24(20-8-3-1-4-9-20)21-10-5-2-6-11-21)27-34(44-37)46(19-40-27)35-31(50)30(49)32(53-35)36(51)52/h1-12,14,16,19,23-24,30-32,35,41-42,49-50H,13,15,17-18H2,(H,51,52)(H,39,43,44)/t23-,30+,31-,32+,35-/m1/s1. The van der Waals surface area contributed by atoms with Crippen molar-refractivity contribution in [2.45, 2.75) is 42.9 Å². The maximum Gasteiger partial charge on any atom is 0.335 e. The van der Waals surface area contributed by atoms with Crippen LogP contribution >= 0.6 is 0 Å². The van der Waals surface area contributed by atoms with Crippen LogP contribution in [0.1, 0.15) is 29.7 Å². The number of nitrogens with zero attached hydrogens (tertiary/aromatic N) is 6. The summed E-state index contributed by atoms with van der Waals surface area (Å²) < 4.78 is 7.02. The van der Waals surface area contributed by atoms with E-state index in [1.807, 2.05) is 41.3 Å². The lowest BCUT2D eigenvalue weighted by molar-refractivity contribution is -0.155. The third-order valence-corrected chi connectivity index (χ3v) is 9.70. The van der Waals surface area contributed by atoms with E-state index in [0.717, 1.165) is 11.1 Å². The lowest BCUT2D eigenvalue weighted by Crippen LogP contribution is -2.39. The van der Waals surface area contributed by atoms with Gasteiger partial charge in [-0.3, -0.25) is 19.1 Å². The van der Waals surface area contributed by atoms with E-state index in [4.69, 9.17) is 14.7 Å². The molecule has 6 aromatic rings. The summed E-state index contributed by atoms with van der Waals surface area (Å²) in [4.78, 5) is 57.1. The Kier molecular flexibility index (Phi) is 8.99. The first-order valence-corrected chi connectivity index (χ1v) is 17.1. The van der Waals surface area contributed by atoms with Crippen LogP contribution in [0.5, 0.6) is 0 Å². The number of carboxylic acid groups (broad SMARTS) is 1. The molecule has 16 heteroatoms. The number of benzene rings is 2. The first kappa shape index (κ1) is 33.9. The van der Waals surface area contributed by atoms with Crippen LogP contribution in [-0.4, -0.2) is 89.8 Å². The molecule has 2 saturated heterocycles. The van der Waals surface area contributed by atoms with Gasteiger partial charge in [0.25, 0.3) is 10.9 Å². The largest absolute Gasteiger partial charge is 0.479 e. The van der Waals surface area contributed by atoms with Crippen molar-refractivity contribution < 1.29 is 24.9 Å². The van der Waals surface area contributed by atoms with E-state index in [2.05, 4.69) is 50.2 Å². The zero-order valence-corrected chi connectivity index (χ0v) is 28.1. The second kappa shape index (κ2) is 14.1. The summed E-state index contributed by atoms with van der Waals surface area (Å²) in [7, 11) is 0. The average Bonchev–Trinajstić information content (AvgIpc) is 3.92. The molecule has 5 heterocycles. The number of hydrogen-bond donors (Lipinski definition) is 6. The fourth-order valence-corrected chi connectivity index (χ4v) is 6.94. The predicted molar refractivity (Wildman–Crippen MR) is 195 cm³/mol. The van der Waals surface area contributed by atoms with E-state index in [-0.39, 0.29) is 29.0 Å². The molecule has 0 spiro atoms. The fraction of sp³-hybridized carbons (Fsp3) is 0.270. The van der Waals surface area contributed by atoms with Crippen molar-refractivity contribution in [3.05, 3.63) is 123 Å². The zero-order chi connectivity index (χ0) is 36.6. The molecule has 0 aliphatic carbocycles. The lowest BCUT2D eigenvalue weighted by Gasteiger charge is -2.22. The van der Waals surface area contributed by atoms with Gasteiger partial charge in [-0.2, -0.15) is 9.97 Å². The maximum atomic E-state index is 12.6. The van der Waals surface area contributed by atoms with Gasteiger partial charge < -0.3 is 40.9 Å². The molecule has 6 N–H and O–H groups in total. The highest BCUT2D eigenvalue weighted by molar-refractivity contribution is 5.85. The Morgan fingerprint density at radius 3 is 2.30 bits per heavy atom. The number of aromatic nitrogens is 5. The molecule has 3 aromatic carbocycles. The van der Waals surface area contributed by atoms with E-state index in [1.54, 1.807) is 24.5 Å². The highest BCUT2D eigenvalue weighted by Gasteiger charge is 2.48. The zero-order valence-electron chi connectivity index (χ0n) is 28.1. The van der Waals surface area contributed by atoms with Gasteiger partial charge in [-0.25, -0.2) is 9.78 Å². The summed E-state index contributed by atoms with van der Waals surface area (Å²) in [6, 6.07) is 23.3. The molecule has 3 aromatic heterocycles.